The van der Waals surface area contributed by atoms with Crippen LogP contribution < -0.4 is 14.8 Å². The fourth-order valence-electron chi connectivity index (χ4n) is 6.53. The van der Waals surface area contributed by atoms with Crippen LogP contribution in [0, 0.1) is 10.1 Å². The number of nitro groups is 1. The zero-order valence-electron chi connectivity index (χ0n) is 20.2. The minimum absolute atomic E-state index is 0.133. The van der Waals surface area contributed by atoms with Crippen molar-refractivity contribution in [1.29, 1.82) is 0 Å². The number of carbonyl (C=O) groups is 1. The van der Waals surface area contributed by atoms with Crippen LogP contribution >= 0.6 is 15.9 Å². The number of hydrogen-bond acceptors (Lipinski definition) is 6. The second-order valence-corrected chi connectivity index (χ2v) is 10.7. The largest absolute Gasteiger partial charge is 0.493 e. The van der Waals surface area contributed by atoms with Crippen LogP contribution in [0.3, 0.4) is 0 Å². The van der Waals surface area contributed by atoms with Gasteiger partial charge in [0.15, 0.2) is 17.0 Å². The number of nitrogens with zero attached hydrogens (tertiary/aromatic N) is 2. The average Bonchev–Trinajstić information content (AvgIpc) is 3.56. The maximum absolute atomic E-state index is 13.6. The lowest BCUT2D eigenvalue weighted by atomic mass is 9.77. The molecule has 37 heavy (non-hydrogen) atoms. The molecule has 3 aliphatic heterocycles. The Balaban J connectivity index is 1.39. The Labute approximate surface area is 222 Å². The molecule has 3 heterocycles. The molecule has 8 nitrogen and oxygen atoms in total. The van der Waals surface area contributed by atoms with E-state index in [1.54, 1.807) is 7.11 Å². The van der Waals surface area contributed by atoms with Gasteiger partial charge < -0.3 is 14.8 Å². The van der Waals surface area contributed by atoms with E-state index in [9.17, 15) is 14.9 Å². The average molecular weight is 564 g/mol. The fraction of sp³-hybridized carbons (Fsp3) is 0.321. The third-order valence-electron chi connectivity index (χ3n) is 7.97. The van der Waals surface area contributed by atoms with Crippen LogP contribution in [0.1, 0.15) is 35.4 Å². The predicted octanol–water partition coefficient (Wildman–Crippen LogP) is 5.09. The van der Waals surface area contributed by atoms with Crippen molar-refractivity contribution in [3.8, 4) is 11.5 Å². The van der Waals surface area contributed by atoms with Crippen LogP contribution in [0.25, 0.3) is 0 Å². The van der Waals surface area contributed by atoms with E-state index >= 15 is 0 Å². The number of hydrogen-bond donors (Lipinski definition) is 1. The van der Waals surface area contributed by atoms with Crippen molar-refractivity contribution in [3.63, 3.8) is 0 Å². The fourth-order valence-corrected chi connectivity index (χ4v) is 6.79. The Bertz CT molecular complexity index is 1380. The molecule has 0 bridgehead atoms. The Morgan fingerprint density at radius 2 is 1.92 bits per heavy atom. The number of para-hydroxylation sites is 1. The van der Waals surface area contributed by atoms with E-state index < -0.39 is 17.5 Å². The monoisotopic (exact) mass is 563 g/mol. The molecule has 3 aliphatic rings. The first kappa shape index (κ1) is 23.9. The van der Waals surface area contributed by atoms with Gasteiger partial charge in [0, 0.05) is 33.2 Å². The first-order valence-corrected chi connectivity index (χ1v) is 13.1. The summed E-state index contributed by atoms with van der Waals surface area (Å²) in [4.78, 5) is 28.2. The Hall–Kier alpha value is -3.43. The molecule has 6 rings (SSSR count). The van der Waals surface area contributed by atoms with Gasteiger partial charge in [0.2, 0.25) is 0 Å². The highest BCUT2D eigenvalue weighted by molar-refractivity contribution is 9.10. The van der Waals surface area contributed by atoms with Crippen molar-refractivity contribution in [3.05, 3.63) is 98.0 Å². The van der Waals surface area contributed by atoms with Gasteiger partial charge >= 0.3 is 0 Å². The first-order valence-electron chi connectivity index (χ1n) is 12.3. The maximum Gasteiger partial charge on any atom is 0.256 e. The summed E-state index contributed by atoms with van der Waals surface area (Å²) < 4.78 is 12.7. The number of methoxy groups -OCH3 is 1. The highest BCUT2D eigenvalue weighted by atomic mass is 79.9. The summed E-state index contributed by atoms with van der Waals surface area (Å²) >= 11 is 3.44. The highest BCUT2D eigenvalue weighted by Gasteiger charge is 2.73. The van der Waals surface area contributed by atoms with Crippen LogP contribution in [-0.4, -0.2) is 41.5 Å². The summed E-state index contributed by atoms with van der Waals surface area (Å²) in [6.07, 6.45) is 1.67. The molecule has 4 atom stereocenters. The van der Waals surface area contributed by atoms with Gasteiger partial charge in [-0.15, -0.1) is 0 Å². The summed E-state index contributed by atoms with van der Waals surface area (Å²) in [5, 5.41) is 15.7. The van der Waals surface area contributed by atoms with E-state index in [1.807, 2.05) is 66.7 Å². The summed E-state index contributed by atoms with van der Waals surface area (Å²) in [6.45, 7) is 0.999. The predicted molar refractivity (Wildman–Crippen MR) is 141 cm³/mol. The molecule has 0 radical (unpaired) electrons. The molecule has 1 spiro atoms. The van der Waals surface area contributed by atoms with E-state index in [0.29, 0.717) is 35.9 Å². The van der Waals surface area contributed by atoms with E-state index in [-0.39, 0.29) is 16.9 Å². The number of fused-ring (bicyclic) bond motifs is 4. The lowest BCUT2D eigenvalue weighted by Gasteiger charge is -2.32. The molecule has 1 amide bonds. The SMILES string of the molecule is COc1cc([C@H]2[C@H]([N+](=O)[O-])[C@@]3(C(=O)Nc4ccccc43)N3CCC[C@@H]23)ccc1OCc1ccc(Br)cc1. The molecule has 0 aliphatic carbocycles. The van der Waals surface area contributed by atoms with Gasteiger partial charge in [-0.1, -0.05) is 52.3 Å². The molecule has 3 aromatic rings. The topological polar surface area (TPSA) is 93.9 Å². The third kappa shape index (κ3) is 3.63. The minimum atomic E-state index is -1.34. The van der Waals surface area contributed by atoms with Crippen molar-refractivity contribution >= 4 is 27.5 Å². The molecule has 0 unspecified atom stereocenters. The zero-order valence-corrected chi connectivity index (χ0v) is 21.8. The van der Waals surface area contributed by atoms with Crippen molar-refractivity contribution in [2.24, 2.45) is 0 Å². The first-order chi connectivity index (χ1) is 17.9. The van der Waals surface area contributed by atoms with Gasteiger partial charge in [-0.05, 0) is 54.3 Å². The van der Waals surface area contributed by atoms with Gasteiger partial charge in [-0.2, -0.15) is 0 Å². The highest BCUT2D eigenvalue weighted by Crippen LogP contribution is 2.58. The smallest absolute Gasteiger partial charge is 0.256 e. The van der Waals surface area contributed by atoms with Gasteiger partial charge in [-0.3, -0.25) is 19.8 Å². The van der Waals surface area contributed by atoms with E-state index in [1.165, 1.54) is 0 Å². The molecule has 1 N–H and O–H groups in total. The molecular formula is C28H26BrN3O5. The summed E-state index contributed by atoms with van der Waals surface area (Å²) in [7, 11) is 1.56. The van der Waals surface area contributed by atoms with E-state index in [2.05, 4.69) is 26.1 Å². The Morgan fingerprint density at radius 3 is 2.68 bits per heavy atom. The van der Waals surface area contributed by atoms with Crippen LogP contribution in [0.4, 0.5) is 5.69 Å². The maximum atomic E-state index is 13.6. The van der Waals surface area contributed by atoms with E-state index in [0.717, 1.165) is 28.4 Å². The van der Waals surface area contributed by atoms with Crippen LogP contribution in [0.5, 0.6) is 11.5 Å². The van der Waals surface area contributed by atoms with Crippen LogP contribution in [0.15, 0.2) is 71.2 Å². The lowest BCUT2D eigenvalue weighted by molar-refractivity contribution is -0.534. The Morgan fingerprint density at radius 1 is 1.14 bits per heavy atom. The summed E-state index contributed by atoms with van der Waals surface area (Å²) in [5.41, 5.74) is 1.79. The number of rotatable bonds is 6. The minimum Gasteiger partial charge on any atom is -0.493 e. The van der Waals surface area contributed by atoms with Crippen LogP contribution in [0.2, 0.25) is 0 Å². The van der Waals surface area contributed by atoms with Crippen LogP contribution in [-0.2, 0) is 16.9 Å². The zero-order chi connectivity index (χ0) is 25.7. The van der Waals surface area contributed by atoms with Crippen molar-refractivity contribution < 1.29 is 19.2 Å². The van der Waals surface area contributed by atoms with Crippen molar-refractivity contribution in [1.82, 2.24) is 4.90 Å². The second-order valence-electron chi connectivity index (χ2n) is 9.75. The molecule has 0 saturated carbocycles. The standard InChI is InChI=1S/C28H26BrN3O5/c1-36-24-15-18(10-13-23(24)37-16-17-8-11-19(29)12-9-17)25-22-7-4-14-31(22)28(26(25)32(34)35)20-5-2-3-6-21(20)30-27(28)33/h2-3,5-6,8-13,15,22,25-26H,4,7,14,16H2,1H3,(H,30,33)/t22-,25+,26-,28-/m0/s1. The number of nitrogens with one attached hydrogen (secondary N) is 1. The number of amides is 1. The molecular weight excluding hydrogens is 538 g/mol. The molecule has 9 heteroatoms. The number of ether oxygens (including phenoxy) is 2. The molecule has 190 valence electrons. The quantitative estimate of drug-likeness (QED) is 0.331. The number of halogens is 1. The van der Waals surface area contributed by atoms with Gasteiger partial charge in [0.05, 0.1) is 13.0 Å². The molecule has 2 saturated heterocycles. The van der Waals surface area contributed by atoms with Crippen molar-refractivity contribution in [2.45, 2.75) is 43.0 Å². The second kappa shape index (κ2) is 9.15. The number of carbonyl (C=O) groups excluding carboxylic acids is 1. The molecule has 2 fully saturated rings. The Kier molecular flexibility index (Phi) is 5.92. The third-order valence-corrected chi connectivity index (χ3v) is 8.50. The summed E-state index contributed by atoms with van der Waals surface area (Å²) in [6, 6.07) is 19.5. The molecule has 3 aromatic carbocycles. The van der Waals surface area contributed by atoms with Gasteiger partial charge in [0.1, 0.15) is 6.61 Å². The van der Waals surface area contributed by atoms with Gasteiger partial charge in [-0.25, -0.2) is 0 Å². The number of anilines is 1. The van der Waals surface area contributed by atoms with E-state index in [4.69, 9.17) is 9.47 Å². The summed E-state index contributed by atoms with van der Waals surface area (Å²) in [5.74, 6) is 0.278. The van der Waals surface area contributed by atoms with Crippen molar-refractivity contribution in [2.75, 3.05) is 19.0 Å². The molecule has 0 aromatic heterocycles. The normalized spacial score (nSPS) is 26.1. The lowest BCUT2D eigenvalue weighted by Crippen LogP contribution is -2.55. The number of benzene rings is 3. The van der Waals surface area contributed by atoms with Gasteiger partial charge in [0.25, 0.3) is 11.9 Å².